The summed E-state index contributed by atoms with van der Waals surface area (Å²) in [5, 5.41) is 13.2. The number of fused-ring (bicyclic) bond motifs is 1. The maximum absolute atomic E-state index is 12.7. The van der Waals surface area contributed by atoms with Crippen LogP contribution in [0.4, 0.5) is 0 Å². The van der Waals surface area contributed by atoms with E-state index in [4.69, 9.17) is 5.21 Å². The first kappa shape index (κ1) is 13.5. The number of amides is 1. The van der Waals surface area contributed by atoms with Crippen LogP contribution in [0.1, 0.15) is 23.7 Å². The number of carbonyl (C=O) groups excluding carboxylic acids is 1. The molecule has 1 atom stereocenters. The third-order valence-corrected chi connectivity index (χ3v) is 3.98. The summed E-state index contributed by atoms with van der Waals surface area (Å²) in [5.74, 6) is 0.0683. The minimum absolute atomic E-state index is 0.0110. The predicted molar refractivity (Wildman–Crippen MR) is 80.6 cm³/mol. The zero-order chi connectivity index (χ0) is 14.8. The van der Waals surface area contributed by atoms with Crippen molar-refractivity contribution in [2.75, 3.05) is 13.1 Å². The summed E-state index contributed by atoms with van der Waals surface area (Å²) in [5.41, 5.74) is 2.12. The van der Waals surface area contributed by atoms with E-state index in [-0.39, 0.29) is 11.8 Å². The molecule has 5 nitrogen and oxygen atoms in total. The lowest BCUT2D eigenvalue weighted by Crippen LogP contribution is -2.43. The first-order valence-corrected chi connectivity index (χ1v) is 7.04. The highest BCUT2D eigenvalue weighted by atomic mass is 16.4. The Morgan fingerprint density at radius 3 is 2.95 bits per heavy atom. The van der Waals surface area contributed by atoms with Crippen LogP contribution in [-0.2, 0) is 0 Å². The molecule has 3 rings (SSSR count). The summed E-state index contributed by atoms with van der Waals surface area (Å²) < 4.78 is 0. The Bertz CT molecular complexity index is 706. The number of pyridine rings is 1. The highest BCUT2D eigenvalue weighted by Gasteiger charge is 2.27. The number of benzene rings is 1. The standard InChI is InChI=1S/C16H17N3O2/c1-11-10-19(9-7-14(11)18-21)16(20)13-6-2-4-12-5-3-8-17-15(12)13/h2-6,8,11,21H,7,9-10H2,1H3/b18-14+. The second kappa shape index (κ2) is 5.52. The van der Waals surface area contributed by atoms with E-state index < -0.39 is 0 Å². The maximum atomic E-state index is 12.7. The summed E-state index contributed by atoms with van der Waals surface area (Å²) in [6, 6.07) is 9.47. The zero-order valence-corrected chi connectivity index (χ0v) is 11.9. The summed E-state index contributed by atoms with van der Waals surface area (Å²) >= 11 is 0. The molecule has 1 N–H and O–H groups in total. The number of nitrogens with zero attached hydrogens (tertiary/aromatic N) is 3. The van der Waals surface area contributed by atoms with Gasteiger partial charge in [-0.1, -0.05) is 30.3 Å². The van der Waals surface area contributed by atoms with E-state index in [2.05, 4.69) is 10.1 Å². The molecule has 1 fully saturated rings. The van der Waals surface area contributed by atoms with Crippen LogP contribution in [0.2, 0.25) is 0 Å². The van der Waals surface area contributed by atoms with Gasteiger partial charge in [0.2, 0.25) is 0 Å². The van der Waals surface area contributed by atoms with Crippen molar-refractivity contribution in [2.45, 2.75) is 13.3 Å². The Labute approximate surface area is 122 Å². The van der Waals surface area contributed by atoms with Crippen LogP contribution < -0.4 is 0 Å². The van der Waals surface area contributed by atoms with E-state index in [0.29, 0.717) is 25.1 Å². The summed E-state index contributed by atoms with van der Waals surface area (Å²) in [6.45, 7) is 3.11. The highest BCUT2D eigenvalue weighted by molar-refractivity contribution is 6.06. The molecule has 21 heavy (non-hydrogen) atoms. The number of piperidine rings is 1. The first-order valence-electron chi connectivity index (χ1n) is 7.04. The largest absolute Gasteiger partial charge is 0.411 e. The minimum atomic E-state index is -0.0110. The molecule has 1 amide bonds. The van der Waals surface area contributed by atoms with Gasteiger partial charge in [-0.15, -0.1) is 0 Å². The fourth-order valence-electron chi connectivity index (χ4n) is 2.80. The van der Waals surface area contributed by atoms with Gasteiger partial charge in [0.15, 0.2) is 0 Å². The molecule has 108 valence electrons. The molecule has 0 radical (unpaired) electrons. The predicted octanol–water partition coefficient (Wildman–Crippen LogP) is 2.55. The van der Waals surface area contributed by atoms with Gasteiger partial charge in [0.05, 0.1) is 16.8 Å². The molecule has 0 spiro atoms. The van der Waals surface area contributed by atoms with Crippen LogP contribution in [0.15, 0.2) is 41.7 Å². The third kappa shape index (κ3) is 2.46. The molecule has 2 heterocycles. The van der Waals surface area contributed by atoms with Gasteiger partial charge in [-0.05, 0) is 12.1 Å². The third-order valence-electron chi connectivity index (χ3n) is 3.98. The van der Waals surface area contributed by atoms with Gasteiger partial charge >= 0.3 is 0 Å². The van der Waals surface area contributed by atoms with Crippen molar-refractivity contribution in [3.8, 4) is 0 Å². The number of carbonyl (C=O) groups is 1. The lowest BCUT2D eigenvalue weighted by molar-refractivity contribution is 0.0736. The van der Waals surface area contributed by atoms with Crippen molar-refractivity contribution in [3.05, 3.63) is 42.1 Å². The van der Waals surface area contributed by atoms with E-state index in [1.165, 1.54) is 0 Å². The Morgan fingerprint density at radius 2 is 2.19 bits per heavy atom. The zero-order valence-electron chi connectivity index (χ0n) is 11.9. The van der Waals surface area contributed by atoms with Crippen LogP contribution >= 0.6 is 0 Å². The maximum Gasteiger partial charge on any atom is 0.256 e. The number of hydrogen-bond donors (Lipinski definition) is 1. The lowest BCUT2D eigenvalue weighted by atomic mass is 9.96. The van der Waals surface area contributed by atoms with Gasteiger partial charge in [-0.2, -0.15) is 0 Å². The topological polar surface area (TPSA) is 65.8 Å². The van der Waals surface area contributed by atoms with Crippen molar-refractivity contribution in [1.29, 1.82) is 0 Å². The number of para-hydroxylation sites is 1. The highest BCUT2D eigenvalue weighted by Crippen LogP contribution is 2.21. The molecule has 0 bridgehead atoms. The average molecular weight is 283 g/mol. The van der Waals surface area contributed by atoms with Gasteiger partial charge in [-0.25, -0.2) is 0 Å². The molecular formula is C16H17N3O2. The van der Waals surface area contributed by atoms with Crippen LogP contribution in [0.25, 0.3) is 10.9 Å². The van der Waals surface area contributed by atoms with Crippen molar-refractivity contribution in [3.63, 3.8) is 0 Å². The fourth-order valence-corrected chi connectivity index (χ4v) is 2.80. The molecule has 1 saturated heterocycles. The SMILES string of the molecule is CC1CN(C(=O)c2cccc3cccnc23)CC/C1=N\O. The van der Waals surface area contributed by atoms with Crippen molar-refractivity contribution >= 4 is 22.5 Å². The van der Waals surface area contributed by atoms with E-state index >= 15 is 0 Å². The minimum Gasteiger partial charge on any atom is -0.411 e. The van der Waals surface area contributed by atoms with E-state index in [0.717, 1.165) is 16.6 Å². The second-order valence-corrected chi connectivity index (χ2v) is 5.37. The van der Waals surface area contributed by atoms with E-state index in [9.17, 15) is 4.79 Å². The van der Waals surface area contributed by atoms with Crippen LogP contribution in [-0.4, -0.2) is 39.8 Å². The summed E-state index contributed by atoms with van der Waals surface area (Å²) in [7, 11) is 0. The molecular weight excluding hydrogens is 266 g/mol. The number of rotatable bonds is 1. The molecule has 0 saturated carbocycles. The second-order valence-electron chi connectivity index (χ2n) is 5.37. The molecule has 1 aromatic carbocycles. The average Bonchev–Trinajstić information content (AvgIpc) is 2.53. The normalized spacial score (nSPS) is 20.9. The van der Waals surface area contributed by atoms with Crippen LogP contribution in [0.5, 0.6) is 0 Å². The van der Waals surface area contributed by atoms with E-state index in [1.54, 1.807) is 6.20 Å². The first-order chi connectivity index (χ1) is 10.2. The molecule has 2 aromatic rings. The van der Waals surface area contributed by atoms with Gasteiger partial charge in [-0.3, -0.25) is 9.78 Å². The van der Waals surface area contributed by atoms with Gasteiger partial charge in [0, 0.05) is 37.0 Å². The van der Waals surface area contributed by atoms with Gasteiger partial charge in [0.1, 0.15) is 0 Å². The molecule has 1 aliphatic rings. The fraction of sp³-hybridized carbons (Fsp3) is 0.312. The van der Waals surface area contributed by atoms with E-state index in [1.807, 2.05) is 42.2 Å². The number of hydrogen-bond acceptors (Lipinski definition) is 4. The van der Waals surface area contributed by atoms with Gasteiger partial charge in [0.25, 0.3) is 5.91 Å². The lowest BCUT2D eigenvalue weighted by Gasteiger charge is -2.31. The smallest absolute Gasteiger partial charge is 0.256 e. The van der Waals surface area contributed by atoms with Crippen molar-refractivity contribution in [2.24, 2.45) is 11.1 Å². The van der Waals surface area contributed by atoms with Crippen LogP contribution in [0.3, 0.4) is 0 Å². The summed E-state index contributed by atoms with van der Waals surface area (Å²) in [6.07, 6.45) is 2.32. The molecule has 1 aromatic heterocycles. The number of likely N-dealkylation sites (tertiary alicyclic amines) is 1. The molecule has 0 aliphatic carbocycles. The molecule has 5 heteroatoms. The van der Waals surface area contributed by atoms with Gasteiger partial charge < -0.3 is 10.1 Å². The molecule has 1 aliphatic heterocycles. The van der Waals surface area contributed by atoms with Crippen molar-refractivity contribution < 1.29 is 10.0 Å². The Balaban J connectivity index is 1.91. The number of oxime groups is 1. The van der Waals surface area contributed by atoms with Crippen LogP contribution in [0, 0.1) is 5.92 Å². The summed E-state index contributed by atoms with van der Waals surface area (Å²) in [4.78, 5) is 18.9. The monoisotopic (exact) mass is 283 g/mol. The van der Waals surface area contributed by atoms with Crippen molar-refractivity contribution in [1.82, 2.24) is 9.88 Å². The number of aromatic nitrogens is 1. The molecule has 1 unspecified atom stereocenters. The Kier molecular flexibility index (Phi) is 3.56. The Morgan fingerprint density at radius 1 is 1.38 bits per heavy atom. The Hall–Kier alpha value is -2.43. The quantitative estimate of drug-likeness (QED) is 0.646.